The van der Waals surface area contributed by atoms with Crippen LogP contribution in [0.2, 0.25) is 0 Å². The van der Waals surface area contributed by atoms with E-state index in [-0.39, 0.29) is 12.2 Å². The lowest BCUT2D eigenvalue weighted by Gasteiger charge is -2.20. The number of carbonyl (C=O) groups is 1. The molecule has 0 spiro atoms. The number of amides is 2. The van der Waals surface area contributed by atoms with E-state index in [4.69, 9.17) is 10.3 Å². The van der Waals surface area contributed by atoms with Gasteiger partial charge in [-0.3, -0.25) is 9.45 Å². The number of primary amides is 1. The molecule has 0 heterocycles. The Morgan fingerprint density at radius 2 is 2.05 bits per heavy atom. The third kappa shape index (κ3) is 5.71. The lowest BCUT2D eigenvalue weighted by atomic mass is 10.2. The van der Waals surface area contributed by atoms with Crippen molar-refractivity contribution in [1.82, 2.24) is 0 Å². The number of hydrogen-bond donors (Lipinski definition) is 2. The molecule has 0 aliphatic carbocycles. The first-order chi connectivity index (χ1) is 8.79. The number of rotatable bonds is 6. The summed E-state index contributed by atoms with van der Waals surface area (Å²) in [5, 5.41) is 0. The molecule has 0 aliphatic rings. The first kappa shape index (κ1) is 15.5. The molecule has 0 atom stereocenters. The zero-order chi connectivity index (χ0) is 14.5. The summed E-state index contributed by atoms with van der Waals surface area (Å²) >= 11 is 0. The van der Waals surface area contributed by atoms with Crippen LogP contribution in [0.15, 0.2) is 24.3 Å². The van der Waals surface area contributed by atoms with Gasteiger partial charge in [-0.2, -0.15) is 8.42 Å². The molecule has 0 bridgehead atoms. The number of nitrogens with zero attached hydrogens (tertiary/aromatic N) is 1. The second-order valence-corrected chi connectivity index (χ2v) is 5.89. The average Bonchev–Trinajstić information content (AvgIpc) is 2.26. The third-order valence-electron chi connectivity index (χ3n) is 2.61. The minimum Gasteiger partial charge on any atom is -0.351 e. The molecule has 0 aliphatic heterocycles. The fourth-order valence-corrected chi connectivity index (χ4v) is 2.29. The second kappa shape index (κ2) is 6.53. The van der Waals surface area contributed by atoms with Gasteiger partial charge in [0.1, 0.15) is 0 Å². The van der Waals surface area contributed by atoms with Crippen LogP contribution in [0.3, 0.4) is 0 Å². The summed E-state index contributed by atoms with van der Waals surface area (Å²) < 4.78 is 29.8. The van der Waals surface area contributed by atoms with Gasteiger partial charge in [0.25, 0.3) is 10.1 Å². The predicted molar refractivity (Wildman–Crippen MR) is 73.8 cm³/mol. The normalized spacial score (nSPS) is 11.3. The van der Waals surface area contributed by atoms with E-state index in [2.05, 4.69) is 0 Å². The number of carbonyl (C=O) groups excluding carboxylic acids is 1. The number of benzene rings is 1. The topological polar surface area (TPSA) is 101 Å². The third-order valence-corrected chi connectivity index (χ3v) is 3.42. The standard InChI is InChI=1S/C12H18N2O4S/c1-10-5-4-6-11(9-10)14(12(13)15)7-2-3-8-19(16,17)18/h4-6,9H,2-3,7-8H2,1H3,(H2,13,15)(H,16,17,18). The number of nitrogens with two attached hydrogens (primary N) is 1. The van der Waals surface area contributed by atoms with Crippen molar-refractivity contribution in [2.75, 3.05) is 17.2 Å². The molecule has 0 saturated carbocycles. The fourth-order valence-electron chi connectivity index (χ4n) is 1.72. The van der Waals surface area contributed by atoms with Crippen LogP contribution in [0.5, 0.6) is 0 Å². The fraction of sp³-hybridized carbons (Fsp3) is 0.417. The highest BCUT2D eigenvalue weighted by molar-refractivity contribution is 7.85. The zero-order valence-electron chi connectivity index (χ0n) is 10.7. The second-order valence-electron chi connectivity index (χ2n) is 4.32. The maximum Gasteiger partial charge on any atom is 0.319 e. The molecule has 2 amide bonds. The van der Waals surface area contributed by atoms with Crippen LogP contribution in [0, 0.1) is 6.92 Å². The molecule has 3 N–H and O–H groups in total. The number of aryl methyl sites for hydroxylation is 1. The first-order valence-electron chi connectivity index (χ1n) is 5.88. The minimum atomic E-state index is -3.95. The average molecular weight is 286 g/mol. The Labute approximate surface area is 113 Å². The van der Waals surface area contributed by atoms with Gasteiger partial charge in [-0.1, -0.05) is 12.1 Å². The smallest absolute Gasteiger partial charge is 0.319 e. The summed E-state index contributed by atoms with van der Waals surface area (Å²) in [6.45, 7) is 2.22. The van der Waals surface area contributed by atoms with Crippen LogP contribution in [-0.4, -0.2) is 31.3 Å². The quantitative estimate of drug-likeness (QED) is 0.612. The Bertz CT molecular complexity index is 542. The van der Waals surface area contributed by atoms with Crippen LogP contribution in [0.1, 0.15) is 18.4 Å². The highest BCUT2D eigenvalue weighted by Crippen LogP contribution is 2.16. The van der Waals surface area contributed by atoms with Gasteiger partial charge in [0.2, 0.25) is 0 Å². The van der Waals surface area contributed by atoms with E-state index in [9.17, 15) is 13.2 Å². The number of urea groups is 1. The maximum atomic E-state index is 11.4. The van der Waals surface area contributed by atoms with E-state index in [0.717, 1.165) is 5.56 Å². The molecule has 0 fully saturated rings. The van der Waals surface area contributed by atoms with Crippen LogP contribution in [0.25, 0.3) is 0 Å². The van der Waals surface area contributed by atoms with Crippen molar-refractivity contribution in [2.45, 2.75) is 19.8 Å². The number of unbranched alkanes of at least 4 members (excludes halogenated alkanes) is 1. The molecule has 1 aromatic rings. The summed E-state index contributed by atoms with van der Waals surface area (Å²) in [6, 6.07) is 6.73. The summed E-state index contributed by atoms with van der Waals surface area (Å²) in [6.07, 6.45) is 0.713. The lowest BCUT2D eigenvalue weighted by Crippen LogP contribution is -2.36. The van der Waals surface area contributed by atoms with Gasteiger partial charge >= 0.3 is 6.03 Å². The van der Waals surface area contributed by atoms with Crippen molar-refractivity contribution in [1.29, 1.82) is 0 Å². The highest BCUT2D eigenvalue weighted by atomic mass is 32.2. The van der Waals surface area contributed by atoms with Crippen LogP contribution >= 0.6 is 0 Å². The van der Waals surface area contributed by atoms with Gasteiger partial charge in [0.05, 0.1) is 5.75 Å². The van der Waals surface area contributed by atoms with E-state index in [1.807, 2.05) is 25.1 Å². The Kier molecular flexibility index (Phi) is 5.31. The summed E-state index contributed by atoms with van der Waals surface area (Å²) in [5.41, 5.74) is 6.99. The van der Waals surface area contributed by atoms with Gasteiger partial charge in [0.15, 0.2) is 0 Å². The van der Waals surface area contributed by atoms with Crippen LogP contribution in [-0.2, 0) is 10.1 Å². The Morgan fingerprint density at radius 3 is 2.58 bits per heavy atom. The van der Waals surface area contributed by atoms with Crippen molar-refractivity contribution in [2.24, 2.45) is 5.73 Å². The van der Waals surface area contributed by atoms with Gasteiger partial charge in [0, 0.05) is 12.2 Å². The molecule has 1 rings (SSSR count). The molecular formula is C12H18N2O4S. The van der Waals surface area contributed by atoms with Crippen molar-refractivity contribution in [3.05, 3.63) is 29.8 Å². The van der Waals surface area contributed by atoms with E-state index in [1.54, 1.807) is 6.07 Å². The van der Waals surface area contributed by atoms with E-state index in [0.29, 0.717) is 18.7 Å². The Hall–Kier alpha value is -1.60. The minimum absolute atomic E-state index is 0.272. The molecule has 19 heavy (non-hydrogen) atoms. The van der Waals surface area contributed by atoms with Crippen molar-refractivity contribution in [3.63, 3.8) is 0 Å². The maximum absolute atomic E-state index is 11.4. The van der Waals surface area contributed by atoms with E-state index < -0.39 is 16.1 Å². The SMILES string of the molecule is Cc1cccc(N(CCCCS(=O)(=O)O)C(N)=O)c1. The Morgan fingerprint density at radius 1 is 1.37 bits per heavy atom. The molecule has 1 aromatic carbocycles. The van der Waals surface area contributed by atoms with Crippen molar-refractivity contribution in [3.8, 4) is 0 Å². The molecule has 0 radical (unpaired) electrons. The van der Waals surface area contributed by atoms with Crippen molar-refractivity contribution < 1.29 is 17.8 Å². The van der Waals surface area contributed by atoms with Crippen LogP contribution in [0.4, 0.5) is 10.5 Å². The van der Waals surface area contributed by atoms with E-state index >= 15 is 0 Å². The monoisotopic (exact) mass is 286 g/mol. The highest BCUT2D eigenvalue weighted by Gasteiger charge is 2.12. The number of anilines is 1. The zero-order valence-corrected chi connectivity index (χ0v) is 11.6. The first-order valence-corrected chi connectivity index (χ1v) is 7.49. The molecule has 7 heteroatoms. The van der Waals surface area contributed by atoms with E-state index in [1.165, 1.54) is 4.90 Å². The summed E-state index contributed by atoms with van der Waals surface area (Å²) in [7, 11) is -3.95. The Balaban J connectivity index is 2.62. The van der Waals surface area contributed by atoms with Gasteiger partial charge in [-0.25, -0.2) is 4.79 Å². The molecule has 0 unspecified atom stereocenters. The lowest BCUT2D eigenvalue weighted by molar-refractivity contribution is 0.254. The largest absolute Gasteiger partial charge is 0.351 e. The van der Waals surface area contributed by atoms with Gasteiger partial charge in [-0.15, -0.1) is 0 Å². The molecule has 0 aromatic heterocycles. The summed E-state index contributed by atoms with van der Waals surface area (Å²) in [4.78, 5) is 12.8. The molecule has 0 saturated heterocycles. The predicted octanol–water partition coefficient (Wildman–Crippen LogP) is 1.55. The van der Waals surface area contributed by atoms with Gasteiger partial charge in [-0.05, 0) is 37.5 Å². The van der Waals surface area contributed by atoms with Crippen molar-refractivity contribution >= 4 is 21.8 Å². The number of hydrogen-bond acceptors (Lipinski definition) is 3. The van der Waals surface area contributed by atoms with Crippen LogP contribution < -0.4 is 10.6 Å². The van der Waals surface area contributed by atoms with Gasteiger partial charge < -0.3 is 5.73 Å². The molecule has 106 valence electrons. The molecule has 6 nitrogen and oxygen atoms in total. The summed E-state index contributed by atoms with van der Waals surface area (Å²) in [5.74, 6) is -0.312. The molecular weight excluding hydrogens is 268 g/mol.